The van der Waals surface area contributed by atoms with Crippen molar-refractivity contribution < 1.29 is 13.8 Å². The minimum atomic E-state index is -2.31. The summed E-state index contributed by atoms with van der Waals surface area (Å²) in [4.78, 5) is 17.0. The fourth-order valence-electron chi connectivity index (χ4n) is 4.85. The molecule has 196 valence electrons. The van der Waals surface area contributed by atoms with E-state index in [0.29, 0.717) is 28.2 Å². The smallest absolute Gasteiger partial charge is 0.258 e. The molecule has 0 bridgehead atoms. The van der Waals surface area contributed by atoms with Gasteiger partial charge in [0.15, 0.2) is 0 Å². The quantitative estimate of drug-likeness (QED) is 0.340. The lowest BCUT2D eigenvalue weighted by Crippen LogP contribution is -2.29. The number of allylic oxidation sites excluding steroid dienone is 1. The van der Waals surface area contributed by atoms with E-state index in [9.17, 15) is 13.9 Å². The monoisotopic (exact) mass is 541 g/mol. The highest BCUT2D eigenvalue weighted by atomic mass is 35.5. The number of aryl methyl sites for hydroxylation is 1. The lowest BCUT2D eigenvalue weighted by molar-refractivity contribution is 0.300. The van der Waals surface area contributed by atoms with Crippen molar-refractivity contribution in [2.45, 2.75) is 38.8 Å². The molecule has 2 aliphatic rings. The van der Waals surface area contributed by atoms with E-state index >= 15 is 0 Å². The Labute approximate surface area is 223 Å². The molecule has 7 nitrogen and oxygen atoms in total. The summed E-state index contributed by atoms with van der Waals surface area (Å²) in [6, 6.07) is 13.4. The average Bonchev–Trinajstić information content (AvgIpc) is 2.89. The molecule has 0 amide bonds. The second kappa shape index (κ2) is 11.4. The second-order valence-corrected chi connectivity index (χ2v) is 12.6. The van der Waals surface area contributed by atoms with Crippen molar-refractivity contribution >= 4 is 34.0 Å². The van der Waals surface area contributed by atoms with Crippen LogP contribution in [0.2, 0.25) is 5.02 Å². The Hall–Kier alpha value is -2.62. The fourth-order valence-corrected chi connectivity index (χ4v) is 6.59. The zero-order valence-corrected chi connectivity index (χ0v) is 22.2. The summed E-state index contributed by atoms with van der Waals surface area (Å²) < 4.78 is 27.0. The van der Waals surface area contributed by atoms with Crippen molar-refractivity contribution in [2.75, 3.05) is 18.1 Å². The number of hydrogen-bond acceptors (Lipinski definition) is 6. The molecule has 1 fully saturated rings. The molecule has 5 rings (SSSR count). The predicted octanol–water partition coefficient (Wildman–Crippen LogP) is 5.67. The molecule has 2 aromatic heterocycles. The SMILES string of the molecule is O=c1cc(OCc2ccc(Cl)cn2)ccn1C1=Cc2ccc(CNCC3CCS(O)(O)CC3)cc2CC1. The molecular weight excluding hydrogens is 510 g/mol. The largest absolute Gasteiger partial charge is 0.487 e. The van der Waals surface area contributed by atoms with Crippen LogP contribution in [0.15, 0.2) is 59.7 Å². The van der Waals surface area contributed by atoms with Crippen LogP contribution < -0.4 is 15.6 Å². The van der Waals surface area contributed by atoms with Gasteiger partial charge in [-0.3, -0.25) is 23.5 Å². The van der Waals surface area contributed by atoms with Crippen LogP contribution in [0.3, 0.4) is 0 Å². The minimum absolute atomic E-state index is 0.124. The highest BCUT2D eigenvalue weighted by molar-refractivity contribution is 8.24. The zero-order chi connectivity index (χ0) is 25.8. The third-order valence-electron chi connectivity index (χ3n) is 7.02. The Kier molecular flexibility index (Phi) is 8.02. The van der Waals surface area contributed by atoms with Gasteiger partial charge in [-0.05, 0) is 79.1 Å². The highest BCUT2D eigenvalue weighted by Crippen LogP contribution is 2.45. The van der Waals surface area contributed by atoms with Crippen molar-refractivity contribution in [1.29, 1.82) is 0 Å². The number of ether oxygens (including phenoxy) is 1. The molecular formula is C28H32ClN3O4S. The molecule has 1 aliphatic carbocycles. The molecule has 9 heteroatoms. The Morgan fingerprint density at radius 1 is 1.11 bits per heavy atom. The third-order valence-corrected chi connectivity index (χ3v) is 9.03. The van der Waals surface area contributed by atoms with Gasteiger partial charge in [0.25, 0.3) is 5.56 Å². The fraction of sp³-hybridized carbons (Fsp3) is 0.357. The van der Waals surface area contributed by atoms with Gasteiger partial charge < -0.3 is 10.1 Å². The molecule has 3 heterocycles. The number of benzene rings is 1. The lowest BCUT2D eigenvalue weighted by Gasteiger charge is -2.39. The highest BCUT2D eigenvalue weighted by Gasteiger charge is 2.23. The van der Waals surface area contributed by atoms with Crippen molar-refractivity contribution in [2.24, 2.45) is 5.92 Å². The maximum absolute atomic E-state index is 12.8. The Morgan fingerprint density at radius 3 is 2.70 bits per heavy atom. The van der Waals surface area contributed by atoms with E-state index in [1.54, 1.807) is 35.2 Å². The summed E-state index contributed by atoms with van der Waals surface area (Å²) in [5.41, 5.74) is 5.26. The number of aromatic nitrogens is 2. The van der Waals surface area contributed by atoms with Crippen molar-refractivity contribution in [3.63, 3.8) is 0 Å². The summed E-state index contributed by atoms with van der Waals surface area (Å²) >= 11 is 5.87. The van der Waals surface area contributed by atoms with Gasteiger partial charge in [-0.15, -0.1) is 0 Å². The number of nitrogens with one attached hydrogen (secondary N) is 1. The standard InChI is InChI=1S/C28H32ClN3O4S/c29-24-4-5-25(31-18-24)19-36-27-7-10-32(28(33)15-27)26-6-3-22-13-21(1-2-23(22)14-26)17-30-16-20-8-11-37(34,35)12-9-20/h1-2,4-5,7,10,13-15,18,20,30,34-35H,3,6,8-9,11-12,16-17,19H2. The molecule has 0 atom stereocenters. The van der Waals surface area contributed by atoms with E-state index < -0.39 is 10.6 Å². The summed E-state index contributed by atoms with van der Waals surface area (Å²) in [6.07, 6.45) is 8.85. The summed E-state index contributed by atoms with van der Waals surface area (Å²) in [5.74, 6) is 2.08. The van der Waals surface area contributed by atoms with Crippen LogP contribution in [-0.4, -0.2) is 36.7 Å². The van der Waals surface area contributed by atoms with E-state index in [4.69, 9.17) is 16.3 Å². The van der Waals surface area contributed by atoms with E-state index in [-0.39, 0.29) is 12.2 Å². The molecule has 3 N–H and O–H groups in total. The van der Waals surface area contributed by atoms with Crippen molar-refractivity contribution in [1.82, 2.24) is 14.9 Å². The Balaban J connectivity index is 1.18. The molecule has 0 saturated carbocycles. The van der Waals surface area contributed by atoms with Crippen LogP contribution >= 0.6 is 22.2 Å². The number of fused-ring (bicyclic) bond motifs is 1. The van der Waals surface area contributed by atoms with Crippen LogP contribution in [0.5, 0.6) is 5.75 Å². The van der Waals surface area contributed by atoms with Crippen LogP contribution in [-0.2, 0) is 19.6 Å². The van der Waals surface area contributed by atoms with Gasteiger partial charge in [-0.2, -0.15) is 10.6 Å². The number of pyridine rings is 2. The van der Waals surface area contributed by atoms with Gasteiger partial charge in [-0.1, -0.05) is 29.8 Å². The van der Waals surface area contributed by atoms with E-state index in [2.05, 4.69) is 34.6 Å². The van der Waals surface area contributed by atoms with Crippen molar-refractivity contribution in [3.05, 3.63) is 92.6 Å². The van der Waals surface area contributed by atoms with Crippen LogP contribution in [0.1, 0.15) is 41.6 Å². The molecule has 37 heavy (non-hydrogen) atoms. The summed E-state index contributed by atoms with van der Waals surface area (Å²) in [6.45, 7) is 1.96. The summed E-state index contributed by atoms with van der Waals surface area (Å²) in [7, 11) is -2.31. The van der Waals surface area contributed by atoms with Crippen LogP contribution in [0.25, 0.3) is 11.8 Å². The Morgan fingerprint density at radius 2 is 1.95 bits per heavy atom. The first-order valence-corrected chi connectivity index (χ1v) is 14.8. The normalized spacial score (nSPS) is 18.1. The maximum atomic E-state index is 12.8. The minimum Gasteiger partial charge on any atom is -0.487 e. The first kappa shape index (κ1) is 26.0. The lowest BCUT2D eigenvalue weighted by atomic mass is 9.93. The predicted molar refractivity (Wildman–Crippen MR) is 150 cm³/mol. The topological polar surface area (TPSA) is 96.6 Å². The van der Waals surface area contributed by atoms with Gasteiger partial charge in [-0.25, -0.2) is 0 Å². The van der Waals surface area contributed by atoms with E-state index in [1.165, 1.54) is 17.2 Å². The zero-order valence-electron chi connectivity index (χ0n) is 20.6. The van der Waals surface area contributed by atoms with Crippen molar-refractivity contribution in [3.8, 4) is 5.75 Å². The Bertz CT molecular complexity index is 1330. The molecule has 1 aromatic carbocycles. The van der Waals surface area contributed by atoms with Gasteiger partial charge >= 0.3 is 0 Å². The van der Waals surface area contributed by atoms with Gasteiger partial charge in [0, 0.05) is 42.2 Å². The molecule has 0 radical (unpaired) electrons. The second-order valence-electron chi connectivity index (χ2n) is 9.78. The molecule has 0 spiro atoms. The number of halogens is 1. The maximum Gasteiger partial charge on any atom is 0.258 e. The molecule has 1 aliphatic heterocycles. The van der Waals surface area contributed by atoms with Crippen LogP contribution in [0.4, 0.5) is 0 Å². The third kappa shape index (κ3) is 6.83. The number of hydrogen-bond donors (Lipinski definition) is 3. The first-order valence-electron chi connectivity index (χ1n) is 12.6. The average molecular weight is 542 g/mol. The number of nitrogens with zero attached hydrogens (tertiary/aromatic N) is 2. The van der Waals surface area contributed by atoms with Gasteiger partial charge in [0.05, 0.1) is 10.7 Å². The van der Waals surface area contributed by atoms with E-state index in [1.807, 2.05) is 0 Å². The molecule has 0 unspecified atom stereocenters. The van der Waals surface area contributed by atoms with Gasteiger partial charge in [0.2, 0.25) is 0 Å². The van der Waals surface area contributed by atoms with E-state index in [0.717, 1.165) is 55.7 Å². The number of rotatable bonds is 8. The van der Waals surface area contributed by atoms with Gasteiger partial charge in [0.1, 0.15) is 12.4 Å². The molecule has 1 saturated heterocycles. The molecule has 3 aromatic rings. The van der Waals surface area contributed by atoms with Crippen LogP contribution in [0, 0.1) is 5.92 Å². The first-order chi connectivity index (χ1) is 17.8. The summed E-state index contributed by atoms with van der Waals surface area (Å²) in [5, 5.41) is 4.11.